The van der Waals surface area contributed by atoms with Crippen LogP contribution in [-0.2, 0) is 19.2 Å². The number of carbonyl (C=O) groups is 4. The Morgan fingerprint density at radius 3 is 1.30 bits per heavy atom. The second-order valence-electron chi connectivity index (χ2n) is 10.5. The van der Waals surface area contributed by atoms with Crippen LogP contribution in [0.5, 0.6) is 23.0 Å². The van der Waals surface area contributed by atoms with Crippen molar-refractivity contribution in [3.8, 4) is 45.3 Å². The second kappa shape index (κ2) is 13.6. The predicted molar refractivity (Wildman–Crippen MR) is 169 cm³/mol. The van der Waals surface area contributed by atoms with E-state index in [0.717, 1.165) is 0 Å². The molecular weight excluding hydrogens is 560 g/mol. The van der Waals surface area contributed by atoms with Crippen molar-refractivity contribution in [3.05, 3.63) is 108 Å². The van der Waals surface area contributed by atoms with Crippen LogP contribution in [0.3, 0.4) is 0 Å². The molecule has 0 aromatic heterocycles. The molecule has 8 heteroatoms. The summed E-state index contributed by atoms with van der Waals surface area (Å²) in [5.41, 5.74) is 4.30. The van der Waals surface area contributed by atoms with E-state index in [2.05, 4.69) is 26.3 Å². The van der Waals surface area contributed by atoms with Crippen molar-refractivity contribution in [2.75, 3.05) is 0 Å². The van der Waals surface area contributed by atoms with Crippen molar-refractivity contribution in [2.24, 2.45) is 0 Å². The molecule has 44 heavy (non-hydrogen) atoms. The zero-order chi connectivity index (χ0) is 32.9. The normalized spacial score (nSPS) is 10.3. The molecule has 0 aliphatic heterocycles. The van der Waals surface area contributed by atoms with E-state index < -0.39 is 23.9 Å². The molecule has 0 radical (unpaired) electrons. The van der Waals surface area contributed by atoms with E-state index >= 15 is 0 Å². The molecule has 0 saturated heterocycles. The molecule has 0 spiro atoms. The van der Waals surface area contributed by atoms with Crippen molar-refractivity contribution in [1.82, 2.24) is 0 Å². The van der Waals surface area contributed by atoms with Crippen LogP contribution in [0.15, 0.2) is 97.1 Å². The largest absolute Gasteiger partial charge is 0.423 e. The minimum Gasteiger partial charge on any atom is -0.423 e. The first-order valence-electron chi connectivity index (χ1n) is 13.5. The summed E-state index contributed by atoms with van der Waals surface area (Å²) in [5.74, 6) is -1.53. The maximum atomic E-state index is 12.8. The fraction of sp³-hybridized carbons (Fsp3) is 0.167. The molecule has 0 atom stereocenters. The molecule has 0 heterocycles. The van der Waals surface area contributed by atoms with Crippen molar-refractivity contribution < 1.29 is 38.1 Å². The molecule has 0 amide bonds. The van der Waals surface area contributed by atoms with Crippen LogP contribution in [-0.4, -0.2) is 23.9 Å². The number of benzene rings is 3. The van der Waals surface area contributed by atoms with Gasteiger partial charge in [-0.1, -0.05) is 38.4 Å². The van der Waals surface area contributed by atoms with Gasteiger partial charge in [0.1, 0.15) is 23.0 Å². The Balaban J connectivity index is 2.27. The van der Waals surface area contributed by atoms with Crippen molar-refractivity contribution >= 4 is 23.9 Å². The Kier molecular flexibility index (Phi) is 10.2. The van der Waals surface area contributed by atoms with Crippen LogP contribution in [0.1, 0.15) is 38.8 Å². The van der Waals surface area contributed by atoms with E-state index in [1.165, 1.54) is 13.8 Å². The van der Waals surface area contributed by atoms with E-state index in [0.29, 0.717) is 39.1 Å². The van der Waals surface area contributed by atoms with Gasteiger partial charge >= 0.3 is 23.9 Å². The lowest BCUT2D eigenvalue weighted by Crippen LogP contribution is -2.12. The Labute approximate surface area is 256 Å². The van der Waals surface area contributed by atoms with Gasteiger partial charge in [-0.15, -0.1) is 0 Å². The third-order valence-corrected chi connectivity index (χ3v) is 6.24. The van der Waals surface area contributed by atoms with Gasteiger partial charge in [-0.2, -0.15) is 0 Å². The highest BCUT2D eigenvalue weighted by Crippen LogP contribution is 2.44. The summed E-state index contributed by atoms with van der Waals surface area (Å²) in [4.78, 5) is 49.6. The van der Waals surface area contributed by atoms with Crippen LogP contribution in [0.2, 0.25) is 0 Å². The Bertz CT molecular complexity index is 1720. The first kappa shape index (κ1) is 33.0. The smallest absolute Gasteiger partial charge is 0.338 e. The highest BCUT2D eigenvalue weighted by molar-refractivity contribution is 5.95. The first-order chi connectivity index (χ1) is 20.6. The molecule has 226 valence electrons. The van der Waals surface area contributed by atoms with E-state index in [-0.39, 0.29) is 39.5 Å². The number of rotatable bonds is 10. The summed E-state index contributed by atoms with van der Waals surface area (Å²) in [7, 11) is 0. The Hall–Kier alpha value is -5.50. The summed E-state index contributed by atoms with van der Waals surface area (Å²) >= 11 is 0. The van der Waals surface area contributed by atoms with E-state index in [9.17, 15) is 19.2 Å². The topological polar surface area (TPSA) is 105 Å². The zero-order valence-corrected chi connectivity index (χ0v) is 25.7. The molecule has 0 saturated carbocycles. The number of hydrogen-bond donors (Lipinski definition) is 0. The van der Waals surface area contributed by atoms with Gasteiger partial charge in [0.15, 0.2) is 0 Å². The third-order valence-electron chi connectivity index (χ3n) is 6.24. The highest BCUT2D eigenvalue weighted by Gasteiger charge is 2.23. The average molecular weight is 595 g/mol. The van der Waals surface area contributed by atoms with Gasteiger partial charge in [0.05, 0.1) is 0 Å². The van der Waals surface area contributed by atoms with Crippen LogP contribution in [0.25, 0.3) is 22.3 Å². The molecule has 0 unspecified atom stereocenters. The lowest BCUT2D eigenvalue weighted by molar-refractivity contribution is -0.131. The number of aryl methyl sites for hydroxylation is 2. The van der Waals surface area contributed by atoms with Crippen LogP contribution in [0, 0.1) is 13.8 Å². The van der Waals surface area contributed by atoms with Gasteiger partial charge in [-0.05, 0) is 100 Å². The fourth-order valence-corrected chi connectivity index (χ4v) is 4.02. The number of hydrogen-bond acceptors (Lipinski definition) is 8. The standard InChI is InChI=1S/C36H34O8/c1-19(2)33(37)41-26-13-11-25(12-14-26)28-17-31(44-36(40)22(7)8)29(18-30(28)43-35(39)21(5)6)32-23(9)15-27(16-24(32)10)42-34(38)20(3)4/h11-18H,1,3,5,7H2,2,4,6,8-10H3. The third kappa shape index (κ3) is 7.86. The molecule has 0 N–H and O–H groups in total. The minimum absolute atomic E-state index is 0.159. The van der Waals surface area contributed by atoms with E-state index in [4.69, 9.17) is 18.9 Å². The monoisotopic (exact) mass is 594 g/mol. The molecule has 0 fully saturated rings. The molecule has 0 aliphatic carbocycles. The molecule has 0 bridgehead atoms. The summed E-state index contributed by atoms with van der Waals surface area (Å²) in [6, 6.07) is 13.0. The second-order valence-corrected chi connectivity index (χ2v) is 10.5. The van der Waals surface area contributed by atoms with Gasteiger partial charge in [-0.3, -0.25) is 0 Å². The SMILES string of the molecule is C=C(C)C(=O)Oc1ccc(-c2cc(OC(=O)C(=C)C)c(-c3c(C)cc(OC(=O)C(=C)C)cc3C)cc2OC(=O)C(=C)C)cc1. The minimum atomic E-state index is -0.661. The van der Waals surface area contributed by atoms with Gasteiger partial charge in [-0.25, -0.2) is 19.2 Å². The maximum absolute atomic E-state index is 12.8. The Morgan fingerprint density at radius 1 is 0.500 bits per heavy atom. The maximum Gasteiger partial charge on any atom is 0.338 e. The van der Waals surface area contributed by atoms with E-state index in [1.807, 2.05) is 13.8 Å². The molecule has 3 aromatic carbocycles. The fourth-order valence-electron chi connectivity index (χ4n) is 4.02. The molecular formula is C36H34O8. The van der Waals surface area contributed by atoms with Crippen LogP contribution < -0.4 is 18.9 Å². The van der Waals surface area contributed by atoms with Gasteiger partial charge in [0, 0.05) is 33.4 Å². The summed E-state index contributed by atoms with van der Waals surface area (Å²) < 4.78 is 22.3. The lowest BCUT2D eigenvalue weighted by Gasteiger charge is -2.20. The number of carbonyl (C=O) groups excluding carboxylic acids is 4. The van der Waals surface area contributed by atoms with Crippen molar-refractivity contribution in [2.45, 2.75) is 41.5 Å². The van der Waals surface area contributed by atoms with Gasteiger partial charge in [0.2, 0.25) is 0 Å². The number of esters is 4. The van der Waals surface area contributed by atoms with Crippen LogP contribution in [0.4, 0.5) is 0 Å². The molecule has 8 nitrogen and oxygen atoms in total. The van der Waals surface area contributed by atoms with E-state index in [1.54, 1.807) is 62.4 Å². The van der Waals surface area contributed by atoms with Crippen molar-refractivity contribution in [3.63, 3.8) is 0 Å². The zero-order valence-electron chi connectivity index (χ0n) is 25.7. The highest BCUT2D eigenvalue weighted by atomic mass is 16.5. The van der Waals surface area contributed by atoms with Gasteiger partial charge in [0.25, 0.3) is 0 Å². The molecule has 0 aliphatic rings. The predicted octanol–water partition coefficient (Wildman–Crippen LogP) is 7.56. The lowest BCUT2D eigenvalue weighted by atomic mass is 9.92. The van der Waals surface area contributed by atoms with Crippen molar-refractivity contribution in [1.29, 1.82) is 0 Å². The van der Waals surface area contributed by atoms with Gasteiger partial charge < -0.3 is 18.9 Å². The quantitative estimate of drug-likeness (QED) is 0.135. The summed E-state index contributed by atoms with van der Waals surface area (Å²) in [6.45, 7) is 24.3. The molecule has 3 rings (SSSR count). The summed E-state index contributed by atoms with van der Waals surface area (Å²) in [5, 5.41) is 0. The summed E-state index contributed by atoms with van der Waals surface area (Å²) in [6.07, 6.45) is 0. The average Bonchev–Trinajstić information content (AvgIpc) is 2.93. The first-order valence-corrected chi connectivity index (χ1v) is 13.5. The van der Waals surface area contributed by atoms with Crippen LogP contribution >= 0.6 is 0 Å². The Morgan fingerprint density at radius 2 is 0.864 bits per heavy atom. The number of ether oxygens (including phenoxy) is 4. The molecule has 3 aromatic rings.